The summed E-state index contributed by atoms with van der Waals surface area (Å²) in [6, 6.07) is 15.1. The number of aryl methyl sites for hydroxylation is 1. The number of hydrogen-bond acceptors (Lipinski definition) is 5. The normalized spacial score (nSPS) is 16.3. The molecule has 0 aliphatic carbocycles. The lowest BCUT2D eigenvalue weighted by Crippen LogP contribution is -2.21. The van der Waals surface area contributed by atoms with Crippen molar-refractivity contribution in [3.05, 3.63) is 82.4 Å². The lowest BCUT2D eigenvalue weighted by Gasteiger charge is -2.17. The zero-order valence-electron chi connectivity index (χ0n) is 17.6. The number of carbonyl (C=O) groups excluding carboxylic acids is 1. The number of anilines is 1. The predicted molar refractivity (Wildman–Crippen MR) is 122 cm³/mol. The Bertz CT molecular complexity index is 1070. The topological polar surface area (TPSA) is 67.3 Å². The number of amides is 1. The number of aromatic nitrogens is 2. The van der Waals surface area contributed by atoms with Crippen LogP contribution < -0.4 is 10.1 Å². The van der Waals surface area contributed by atoms with Crippen LogP contribution in [0.2, 0.25) is 5.02 Å². The standard InChI is InChI=1S/C24H25ClN4O2/c1-16-21(24(30)28-19-7-9-20(31-2)10-8-19)13-26-23(27-16)18-11-12-29(15-18)14-17-5-3-4-6-22(17)25/h3-10,13,18H,11-12,14-15H2,1-2H3,(H,28,30)/t18-/m0/s1. The number of likely N-dealkylation sites (tertiary alicyclic amines) is 1. The molecule has 0 bridgehead atoms. The maximum absolute atomic E-state index is 12.7. The Morgan fingerprint density at radius 2 is 2.00 bits per heavy atom. The van der Waals surface area contributed by atoms with Gasteiger partial charge in [-0.2, -0.15) is 0 Å². The third kappa shape index (κ3) is 5.03. The molecule has 1 amide bonds. The molecule has 1 fully saturated rings. The zero-order valence-corrected chi connectivity index (χ0v) is 18.4. The number of nitrogens with one attached hydrogen (secondary N) is 1. The maximum Gasteiger partial charge on any atom is 0.259 e. The van der Waals surface area contributed by atoms with E-state index in [1.165, 1.54) is 0 Å². The molecular weight excluding hydrogens is 412 g/mol. The molecule has 1 aromatic heterocycles. The Balaban J connectivity index is 1.40. The molecule has 1 N–H and O–H groups in total. The first-order chi connectivity index (χ1) is 15.0. The van der Waals surface area contributed by atoms with Gasteiger partial charge < -0.3 is 10.1 Å². The van der Waals surface area contributed by atoms with E-state index in [1.54, 1.807) is 37.6 Å². The summed E-state index contributed by atoms with van der Waals surface area (Å²) in [6.07, 6.45) is 2.62. The van der Waals surface area contributed by atoms with Crippen LogP contribution in [0.5, 0.6) is 5.75 Å². The van der Waals surface area contributed by atoms with Crippen LogP contribution in [0, 0.1) is 6.92 Å². The number of benzene rings is 2. The molecule has 1 aliphatic heterocycles. The minimum atomic E-state index is -0.221. The smallest absolute Gasteiger partial charge is 0.259 e. The summed E-state index contributed by atoms with van der Waals surface area (Å²) >= 11 is 6.30. The minimum Gasteiger partial charge on any atom is -0.497 e. The van der Waals surface area contributed by atoms with E-state index in [9.17, 15) is 4.79 Å². The molecule has 0 unspecified atom stereocenters. The fourth-order valence-corrected chi connectivity index (χ4v) is 4.03. The van der Waals surface area contributed by atoms with Gasteiger partial charge in [-0.05, 0) is 55.8 Å². The average molecular weight is 437 g/mol. The van der Waals surface area contributed by atoms with Crippen molar-refractivity contribution < 1.29 is 9.53 Å². The van der Waals surface area contributed by atoms with Gasteiger partial charge in [-0.15, -0.1) is 0 Å². The average Bonchev–Trinajstić information content (AvgIpc) is 3.24. The fourth-order valence-electron chi connectivity index (χ4n) is 3.83. The fraction of sp³-hybridized carbons (Fsp3) is 0.292. The molecule has 160 valence electrons. The molecule has 7 heteroatoms. The van der Waals surface area contributed by atoms with E-state index in [0.717, 1.165) is 48.2 Å². The van der Waals surface area contributed by atoms with Crippen LogP contribution in [0.4, 0.5) is 5.69 Å². The van der Waals surface area contributed by atoms with Gasteiger partial charge in [0.25, 0.3) is 5.91 Å². The number of carbonyl (C=O) groups is 1. The molecule has 0 spiro atoms. The number of nitrogens with zero attached hydrogens (tertiary/aromatic N) is 3. The molecule has 2 heterocycles. The van der Waals surface area contributed by atoms with Crippen LogP contribution >= 0.6 is 11.6 Å². The second-order valence-corrected chi connectivity index (χ2v) is 8.13. The highest BCUT2D eigenvalue weighted by atomic mass is 35.5. The maximum atomic E-state index is 12.7. The van der Waals surface area contributed by atoms with E-state index in [4.69, 9.17) is 16.3 Å². The van der Waals surface area contributed by atoms with Crippen molar-refractivity contribution in [3.8, 4) is 5.75 Å². The van der Waals surface area contributed by atoms with Gasteiger partial charge in [-0.3, -0.25) is 9.69 Å². The summed E-state index contributed by atoms with van der Waals surface area (Å²) in [4.78, 5) is 24.2. The first kappa shape index (κ1) is 21.3. The predicted octanol–water partition coefficient (Wildman–Crippen LogP) is 4.69. The Labute approximate surface area is 187 Å². The zero-order chi connectivity index (χ0) is 21.8. The molecule has 1 saturated heterocycles. The number of rotatable bonds is 6. The van der Waals surface area contributed by atoms with Crippen molar-refractivity contribution in [2.75, 3.05) is 25.5 Å². The van der Waals surface area contributed by atoms with Gasteiger partial charge >= 0.3 is 0 Å². The van der Waals surface area contributed by atoms with Crippen LogP contribution in [-0.2, 0) is 6.54 Å². The quantitative estimate of drug-likeness (QED) is 0.607. The molecule has 0 saturated carbocycles. The van der Waals surface area contributed by atoms with Crippen LogP contribution in [0.15, 0.2) is 54.7 Å². The van der Waals surface area contributed by atoms with E-state index >= 15 is 0 Å². The molecule has 3 aromatic rings. The summed E-state index contributed by atoms with van der Waals surface area (Å²) in [5, 5.41) is 3.68. The molecule has 0 radical (unpaired) electrons. The summed E-state index contributed by atoms with van der Waals surface area (Å²) in [5.41, 5.74) is 2.99. The third-order valence-corrected chi connectivity index (χ3v) is 5.95. The van der Waals surface area contributed by atoms with Gasteiger partial charge in [0.05, 0.1) is 18.4 Å². The van der Waals surface area contributed by atoms with Gasteiger partial charge in [-0.1, -0.05) is 29.8 Å². The molecule has 2 aromatic carbocycles. The lowest BCUT2D eigenvalue weighted by atomic mass is 10.1. The first-order valence-corrected chi connectivity index (χ1v) is 10.7. The molecule has 1 atom stereocenters. The van der Waals surface area contributed by atoms with Crippen molar-refractivity contribution in [3.63, 3.8) is 0 Å². The highest BCUT2D eigenvalue weighted by Crippen LogP contribution is 2.28. The van der Waals surface area contributed by atoms with Gasteiger partial charge in [0.1, 0.15) is 11.6 Å². The van der Waals surface area contributed by atoms with Crippen molar-refractivity contribution in [1.82, 2.24) is 14.9 Å². The Hall–Kier alpha value is -2.96. The molecule has 1 aliphatic rings. The second kappa shape index (κ2) is 9.45. The monoisotopic (exact) mass is 436 g/mol. The van der Waals surface area contributed by atoms with Gasteiger partial charge in [0, 0.05) is 35.9 Å². The van der Waals surface area contributed by atoms with E-state index in [0.29, 0.717) is 16.9 Å². The van der Waals surface area contributed by atoms with Crippen LogP contribution in [0.1, 0.15) is 39.8 Å². The summed E-state index contributed by atoms with van der Waals surface area (Å²) in [7, 11) is 1.61. The molecule has 31 heavy (non-hydrogen) atoms. The summed E-state index contributed by atoms with van der Waals surface area (Å²) < 4.78 is 5.14. The summed E-state index contributed by atoms with van der Waals surface area (Å²) in [6.45, 7) is 4.52. The molecule has 6 nitrogen and oxygen atoms in total. The largest absolute Gasteiger partial charge is 0.497 e. The lowest BCUT2D eigenvalue weighted by molar-refractivity contribution is 0.102. The number of ether oxygens (including phenoxy) is 1. The van der Waals surface area contributed by atoms with Crippen molar-refractivity contribution >= 4 is 23.2 Å². The van der Waals surface area contributed by atoms with Gasteiger partial charge in [-0.25, -0.2) is 9.97 Å². The minimum absolute atomic E-state index is 0.221. The molecular formula is C24H25ClN4O2. The summed E-state index contributed by atoms with van der Waals surface area (Å²) in [5.74, 6) is 1.56. The van der Waals surface area contributed by atoms with Crippen molar-refractivity contribution in [2.24, 2.45) is 0 Å². The number of halogens is 1. The Morgan fingerprint density at radius 1 is 1.23 bits per heavy atom. The van der Waals surface area contributed by atoms with Crippen LogP contribution in [0.3, 0.4) is 0 Å². The van der Waals surface area contributed by atoms with E-state index < -0.39 is 0 Å². The highest BCUT2D eigenvalue weighted by molar-refractivity contribution is 6.31. The van der Waals surface area contributed by atoms with Crippen molar-refractivity contribution in [1.29, 1.82) is 0 Å². The molecule has 4 rings (SSSR count). The Morgan fingerprint density at radius 3 is 2.71 bits per heavy atom. The van der Waals surface area contributed by atoms with Crippen molar-refractivity contribution in [2.45, 2.75) is 25.8 Å². The van der Waals surface area contributed by atoms with E-state index in [-0.39, 0.29) is 11.8 Å². The van der Waals surface area contributed by atoms with Crippen LogP contribution in [0.25, 0.3) is 0 Å². The van der Waals surface area contributed by atoms with E-state index in [1.807, 2.05) is 25.1 Å². The first-order valence-electron chi connectivity index (χ1n) is 10.3. The van der Waals surface area contributed by atoms with Crippen LogP contribution in [-0.4, -0.2) is 41.0 Å². The second-order valence-electron chi connectivity index (χ2n) is 7.72. The number of methoxy groups -OCH3 is 1. The Kier molecular flexibility index (Phi) is 6.49. The van der Waals surface area contributed by atoms with Gasteiger partial charge in [0.2, 0.25) is 0 Å². The van der Waals surface area contributed by atoms with E-state index in [2.05, 4.69) is 26.3 Å². The highest BCUT2D eigenvalue weighted by Gasteiger charge is 2.27. The third-order valence-electron chi connectivity index (χ3n) is 5.58. The number of hydrogen-bond donors (Lipinski definition) is 1. The SMILES string of the molecule is COc1ccc(NC(=O)c2cnc([C@H]3CCN(Cc4ccccc4Cl)C3)nc2C)cc1. The van der Waals surface area contributed by atoms with Gasteiger partial charge in [0.15, 0.2) is 0 Å².